The van der Waals surface area contributed by atoms with Gasteiger partial charge in [0.1, 0.15) is 5.56 Å². The van der Waals surface area contributed by atoms with Crippen molar-refractivity contribution in [3.63, 3.8) is 0 Å². The Labute approximate surface area is 123 Å². The number of likely N-dealkylation sites (tertiary alicyclic amines) is 1. The zero-order valence-corrected chi connectivity index (χ0v) is 11.9. The lowest BCUT2D eigenvalue weighted by atomic mass is 10.0. The van der Waals surface area contributed by atoms with Gasteiger partial charge in [-0.1, -0.05) is 35.5 Å². The normalized spacial score (nSPS) is 19.7. The Balaban J connectivity index is 1.82. The molecule has 0 radical (unpaired) electrons. The average molecular weight is 286 g/mol. The van der Waals surface area contributed by atoms with Gasteiger partial charge in [-0.15, -0.1) is 0 Å². The number of carbonyl (C=O) groups excluding carboxylic acids is 1. The number of aliphatic hydroxyl groups is 1. The highest BCUT2D eigenvalue weighted by Gasteiger charge is 2.31. The molecule has 1 fully saturated rings. The van der Waals surface area contributed by atoms with Crippen LogP contribution in [-0.2, 0) is 0 Å². The third kappa shape index (κ3) is 2.69. The van der Waals surface area contributed by atoms with Crippen LogP contribution in [0.15, 0.2) is 41.1 Å². The highest BCUT2D eigenvalue weighted by atomic mass is 16.5. The molecule has 1 aromatic carbocycles. The Bertz CT molecular complexity index is 621. The van der Waals surface area contributed by atoms with E-state index in [1.165, 1.54) is 6.20 Å². The van der Waals surface area contributed by atoms with Crippen LogP contribution < -0.4 is 0 Å². The first-order chi connectivity index (χ1) is 10.2. The van der Waals surface area contributed by atoms with Crippen LogP contribution >= 0.6 is 0 Å². The lowest BCUT2D eigenvalue weighted by molar-refractivity contribution is 0.0762. The van der Waals surface area contributed by atoms with Gasteiger partial charge >= 0.3 is 0 Å². The maximum atomic E-state index is 12.6. The predicted molar refractivity (Wildman–Crippen MR) is 77.6 cm³/mol. The minimum Gasteiger partial charge on any atom is -0.393 e. The maximum absolute atomic E-state index is 12.6. The Hall–Kier alpha value is -2.14. The van der Waals surface area contributed by atoms with Crippen molar-refractivity contribution in [2.45, 2.75) is 19.4 Å². The van der Waals surface area contributed by atoms with Gasteiger partial charge in [0.2, 0.25) is 0 Å². The van der Waals surface area contributed by atoms with Crippen LogP contribution in [0, 0.1) is 5.92 Å². The molecule has 2 aromatic rings. The number of amides is 1. The monoisotopic (exact) mass is 286 g/mol. The van der Waals surface area contributed by atoms with Gasteiger partial charge in [-0.25, -0.2) is 0 Å². The molecule has 0 bridgehead atoms. The van der Waals surface area contributed by atoms with E-state index in [0.717, 1.165) is 12.0 Å². The molecule has 21 heavy (non-hydrogen) atoms. The van der Waals surface area contributed by atoms with Crippen LogP contribution in [0.1, 0.15) is 23.7 Å². The summed E-state index contributed by atoms with van der Waals surface area (Å²) in [4.78, 5) is 14.4. The first-order valence-corrected chi connectivity index (χ1v) is 7.14. The zero-order chi connectivity index (χ0) is 14.8. The van der Waals surface area contributed by atoms with Crippen molar-refractivity contribution in [2.75, 3.05) is 13.1 Å². The van der Waals surface area contributed by atoms with E-state index in [4.69, 9.17) is 4.52 Å². The molecule has 1 aliphatic rings. The third-order valence-electron chi connectivity index (χ3n) is 4.03. The quantitative estimate of drug-likeness (QED) is 0.939. The first-order valence-electron chi connectivity index (χ1n) is 7.14. The van der Waals surface area contributed by atoms with Crippen LogP contribution in [0.3, 0.4) is 0 Å². The van der Waals surface area contributed by atoms with E-state index in [2.05, 4.69) is 5.16 Å². The van der Waals surface area contributed by atoms with Gasteiger partial charge < -0.3 is 14.5 Å². The molecule has 1 aliphatic heterocycles. The van der Waals surface area contributed by atoms with Crippen LogP contribution in [-0.4, -0.2) is 40.3 Å². The van der Waals surface area contributed by atoms with Gasteiger partial charge in [0, 0.05) is 24.6 Å². The molecule has 2 heterocycles. The number of hydrogen-bond acceptors (Lipinski definition) is 4. The molecule has 5 heteroatoms. The van der Waals surface area contributed by atoms with Crippen molar-refractivity contribution in [1.82, 2.24) is 10.1 Å². The molecule has 1 amide bonds. The molecule has 3 rings (SSSR count). The summed E-state index contributed by atoms with van der Waals surface area (Å²) in [6.45, 7) is 3.01. The first kappa shape index (κ1) is 13.8. The van der Waals surface area contributed by atoms with E-state index in [1.54, 1.807) is 11.8 Å². The number of nitrogens with zero attached hydrogens (tertiary/aromatic N) is 2. The molecule has 0 saturated carbocycles. The Morgan fingerprint density at radius 2 is 2.19 bits per heavy atom. The van der Waals surface area contributed by atoms with E-state index in [0.29, 0.717) is 24.4 Å². The summed E-state index contributed by atoms with van der Waals surface area (Å²) in [7, 11) is 0. The van der Waals surface area contributed by atoms with Crippen LogP contribution in [0.2, 0.25) is 0 Å². The number of aliphatic hydroxyl groups excluding tert-OH is 1. The third-order valence-corrected chi connectivity index (χ3v) is 4.03. The molecule has 0 aliphatic carbocycles. The summed E-state index contributed by atoms with van der Waals surface area (Å²) in [5.41, 5.74) is 1.32. The zero-order valence-electron chi connectivity index (χ0n) is 11.9. The standard InChI is InChI=1S/C16H18N2O3/c1-11(19)13-7-8-18(10-13)16(20)14-9-17-21-15(14)12-5-3-2-4-6-12/h2-6,9,11,13,19H,7-8,10H2,1H3. The van der Waals surface area contributed by atoms with Crippen LogP contribution in [0.5, 0.6) is 0 Å². The Morgan fingerprint density at radius 1 is 1.43 bits per heavy atom. The highest BCUT2D eigenvalue weighted by molar-refractivity contribution is 5.99. The maximum Gasteiger partial charge on any atom is 0.259 e. The van der Waals surface area contributed by atoms with Gasteiger partial charge in [-0.2, -0.15) is 0 Å². The minimum atomic E-state index is -0.390. The number of benzene rings is 1. The molecule has 1 saturated heterocycles. The SMILES string of the molecule is CC(O)C1CCN(C(=O)c2cnoc2-c2ccccc2)C1. The van der Waals surface area contributed by atoms with Gasteiger partial charge in [0.15, 0.2) is 5.76 Å². The van der Waals surface area contributed by atoms with Gasteiger partial charge in [0.05, 0.1) is 12.3 Å². The second-order valence-corrected chi connectivity index (χ2v) is 5.48. The van der Waals surface area contributed by atoms with Crippen LogP contribution in [0.4, 0.5) is 0 Å². The van der Waals surface area contributed by atoms with Crippen molar-refractivity contribution in [3.05, 3.63) is 42.1 Å². The fourth-order valence-electron chi connectivity index (χ4n) is 2.73. The summed E-state index contributed by atoms with van der Waals surface area (Å²) in [6, 6.07) is 9.48. The van der Waals surface area contributed by atoms with E-state index >= 15 is 0 Å². The molecule has 2 unspecified atom stereocenters. The number of aromatic nitrogens is 1. The summed E-state index contributed by atoms with van der Waals surface area (Å²) < 4.78 is 5.26. The number of hydrogen-bond donors (Lipinski definition) is 1. The number of rotatable bonds is 3. The number of carbonyl (C=O) groups is 1. The molecule has 2 atom stereocenters. The van der Waals surface area contributed by atoms with Crippen molar-refractivity contribution >= 4 is 5.91 Å². The highest BCUT2D eigenvalue weighted by Crippen LogP contribution is 2.27. The smallest absolute Gasteiger partial charge is 0.259 e. The molecular formula is C16H18N2O3. The molecule has 1 N–H and O–H groups in total. The van der Waals surface area contributed by atoms with E-state index in [9.17, 15) is 9.90 Å². The van der Waals surface area contributed by atoms with E-state index in [1.807, 2.05) is 30.3 Å². The summed E-state index contributed by atoms with van der Waals surface area (Å²) in [5.74, 6) is 0.563. The Kier molecular flexibility index (Phi) is 3.75. The molecule has 5 nitrogen and oxygen atoms in total. The lowest BCUT2D eigenvalue weighted by Gasteiger charge is -2.17. The molecule has 1 aromatic heterocycles. The summed E-state index contributed by atoms with van der Waals surface area (Å²) >= 11 is 0. The van der Waals surface area contributed by atoms with Gasteiger partial charge in [-0.3, -0.25) is 4.79 Å². The lowest BCUT2D eigenvalue weighted by Crippen LogP contribution is -2.30. The van der Waals surface area contributed by atoms with Crippen molar-refractivity contribution in [2.24, 2.45) is 5.92 Å². The second kappa shape index (κ2) is 5.69. The molecular weight excluding hydrogens is 268 g/mol. The molecule has 0 spiro atoms. The topological polar surface area (TPSA) is 66.6 Å². The largest absolute Gasteiger partial charge is 0.393 e. The fraction of sp³-hybridized carbons (Fsp3) is 0.375. The van der Waals surface area contributed by atoms with Crippen molar-refractivity contribution < 1.29 is 14.4 Å². The summed E-state index contributed by atoms with van der Waals surface area (Å²) in [5, 5.41) is 13.4. The second-order valence-electron chi connectivity index (χ2n) is 5.48. The van der Waals surface area contributed by atoms with E-state index < -0.39 is 0 Å². The van der Waals surface area contributed by atoms with E-state index in [-0.39, 0.29) is 17.9 Å². The molecule has 110 valence electrons. The van der Waals surface area contributed by atoms with Crippen molar-refractivity contribution in [3.8, 4) is 11.3 Å². The van der Waals surface area contributed by atoms with Crippen molar-refractivity contribution in [1.29, 1.82) is 0 Å². The van der Waals surface area contributed by atoms with Gasteiger partial charge in [-0.05, 0) is 13.3 Å². The minimum absolute atomic E-state index is 0.0850. The summed E-state index contributed by atoms with van der Waals surface area (Å²) in [6.07, 6.45) is 1.91. The average Bonchev–Trinajstić information content (AvgIpc) is 3.17. The van der Waals surface area contributed by atoms with Gasteiger partial charge in [0.25, 0.3) is 5.91 Å². The van der Waals surface area contributed by atoms with Crippen LogP contribution in [0.25, 0.3) is 11.3 Å². The predicted octanol–water partition coefficient (Wildman–Crippen LogP) is 2.18. The Morgan fingerprint density at radius 3 is 2.86 bits per heavy atom. The fourth-order valence-corrected chi connectivity index (χ4v) is 2.73.